The van der Waals surface area contributed by atoms with Gasteiger partial charge in [-0.05, 0) is 37.6 Å². The van der Waals surface area contributed by atoms with E-state index in [0.29, 0.717) is 25.5 Å². The second-order valence-corrected chi connectivity index (χ2v) is 6.85. The Hall–Kier alpha value is -2.05. The number of likely N-dealkylation sites (N-methyl/N-ethyl adjacent to an activating group) is 1. The summed E-state index contributed by atoms with van der Waals surface area (Å²) in [5.74, 6) is 1.37. The van der Waals surface area contributed by atoms with Crippen LogP contribution in [0.25, 0.3) is 0 Å². The molecule has 24 heavy (non-hydrogen) atoms. The Morgan fingerprint density at radius 3 is 2.83 bits per heavy atom. The summed E-state index contributed by atoms with van der Waals surface area (Å²) in [5, 5.41) is 4.98. The van der Waals surface area contributed by atoms with Gasteiger partial charge in [-0.15, -0.1) is 11.3 Å². The van der Waals surface area contributed by atoms with E-state index in [-0.39, 0.29) is 11.9 Å². The number of thiophene rings is 1. The van der Waals surface area contributed by atoms with Crippen LogP contribution >= 0.6 is 11.3 Å². The zero-order valence-corrected chi connectivity index (χ0v) is 14.8. The third-order valence-electron chi connectivity index (χ3n) is 4.04. The molecule has 128 valence electrons. The lowest BCUT2D eigenvalue weighted by molar-refractivity contribution is -0.117. The van der Waals surface area contributed by atoms with Crippen molar-refractivity contribution in [2.45, 2.75) is 19.4 Å². The van der Waals surface area contributed by atoms with E-state index in [0.717, 1.165) is 17.9 Å². The molecule has 2 heterocycles. The van der Waals surface area contributed by atoms with Gasteiger partial charge in [0.15, 0.2) is 11.5 Å². The molecule has 6 heteroatoms. The predicted octanol–water partition coefficient (Wildman–Crippen LogP) is 3.54. The molecule has 0 spiro atoms. The number of rotatable bonds is 5. The van der Waals surface area contributed by atoms with E-state index >= 15 is 0 Å². The maximum Gasteiger partial charge on any atom is 0.238 e. The Kier molecular flexibility index (Phi) is 5.37. The molecular weight excluding hydrogens is 324 g/mol. The van der Waals surface area contributed by atoms with Crippen LogP contribution in [0.3, 0.4) is 0 Å². The van der Waals surface area contributed by atoms with Gasteiger partial charge in [-0.1, -0.05) is 6.07 Å². The molecule has 1 N–H and O–H groups in total. The summed E-state index contributed by atoms with van der Waals surface area (Å²) in [4.78, 5) is 15.6. The van der Waals surface area contributed by atoms with Gasteiger partial charge in [-0.25, -0.2) is 0 Å². The normalized spacial score (nSPS) is 15.0. The number of nitrogens with one attached hydrogen (secondary N) is 1. The summed E-state index contributed by atoms with van der Waals surface area (Å²) >= 11 is 1.70. The lowest BCUT2D eigenvalue weighted by atomic mass is 10.2. The number of benzene rings is 1. The molecule has 2 aromatic rings. The first-order chi connectivity index (χ1) is 11.6. The maximum atomic E-state index is 12.3. The molecule has 0 saturated carbocycles. The molecule has 1 atom stereocenters. The van der Waals surface area contributed by atoms with Crippen molar-refractivity contribution in [1.29, 1.82) is 0 Å². The van der Waals surface area contributed by atoms with Crippen LogP contribution in [0.4, 0.5) is 5.69 Å². The Morgan fingerprint density at radius 1 is 1.29 bits per heavy atom. The molecule has 3 rings (SSSR count). The molecule has 0 aliphatic carbocycles. The zero-order chi connectivity index (χ0) is 16.9. The van der Waals surface area contributed by atoms with Crippen molar-refractivity contribution in [2.75, 3.05) is 32.1 Å². The second kappa shape index (κ2) is 7.68. The van der Waals surface area contributed by atoms with E-state index in [1.54, 1.807) is 11.3 Å². The number of ether oxygens (including phenoxy) is 2. The first kappa shape index (κ1) is 16.8. The van der Waals surface area contributed by atoms with E-state index in [2.05, 4.69) is 23.7 Å². The number of amides is 1. The fourth-order valence-corrected chi connectivity index (χ4v) is 3.40. The van der Waals surface area contributed by atoms with E-state index in [1.165, 1.54) is 4.88 Å². The van der Waals surface area contributed by atoms with Crippen molar-refractivity contribution >= 4 is 22.9 Å². The SMILES string of the molecule is CC(c1cccs1)N(C)CC(=O)Nc1ccc2c(c1)OCCCO2. The van der Waals surface area contributed by atoms with Crippen LogP contribution in [0.2, 0.25) is 0 Å². The minimum Gasteiger partial charge on any atom is -0.490 e. The Labute approximate surface area is 146 Å². The van der Waals surface area contributed by atoms with Gasteiger partial charge in [0, 0.05) is 29.1 Å². The van der Waals surface area contributed by atoms with Gasteiger partial charge >= 0.3 is 0 Å². The van der Waals surface area contributed by atoms with E-state index < -0.39 is 0 Å². The highest BCUT2D eigenvalue weighted by atomic mass is 32.1. The third kappa shape index (κ3) is 4.07. The number of hydrogen-bond donors (Lipinski definition) is 1. The lowest BCUT2D eigenvalue weighted by Crippen LogP contribution is -2.31. The van der Waals surface area contributed by atoms with Crippen LogP contribution in [-0.2, 0) is 4.79 Å². The maximum absolute atomic E-state index is 12.3. The number of fused-ring (bicyclic) bond motifs is 1. The van der Waals surface area contributed by atoms with Crippen molar-refractivity contribution in [2.24, 2.45) is 0 Å². The Balaban J connectivity index is 1.59. The van der Waals surface area contributed by atoms with Crippen molar-refractivity contribution in [3.8, 4) is 11.5 Å². The highest BCUT2D eigenvalue weighted by molar-refractivity contribution is 7.10. The van der Waals surface area contributed by atoms with Crippen LogP contribution in [0.15, 0.2) is 35.7 Å². The molecule has 1 aliphatic heterocycles. The highest BCUT2D eigenvalue weighted by Crippen LogP contribution is 2.32. The molecule has 0 fully saturated rings. The summed E-state index contributed by atoms with van der Waals surface area (Å²) in [6, 6.07) is 9.83. The number of hydrogen-bond acceptors (Lipinski definition) is 5. The van der Waals surface area contributed by atoms with Crippen LogP contribution in [0.1, 0.15) is 24.3 Å². The van der Waals surface area contributed by atoms with Crippen molar-refractivity contribution < 1.29 is 14.3 Å². The van der Waals surface area contributed by atoms with E-state index in [4.69, 9.17) is 9.47 Å². The second-order valence-electron chi connectivity index (χ2n) is 5.87. The topological polar surface area (TPSA) is 50.8 Å². The summed E-state index contributed by atoms with van der Waals surface area (Å²) in [6.07, 6.45) is 0.863. The average molecular weight is 346 g/mol. The number of anilines is 1. The smallest absolute Gasteiger partial charge is 0.238 e. The van der Waals surface area contributed by atoms with Gasteiger partial charge < -0.3 is 14.8 Å². The molecule has 1 aromatic carbocycles. The van der Waals surface area contributed by atoms with Gasteiger partial charge in [0.1, 0.15) is 0 Å². The quantitative estimate of drug-likeness (QED) is 0.900. The molecule has 1 unspecified atom stereocenters. The zero-order valence-electron chi connectivity index (χ0n) is 14.0. The largest absolute Gasteiger partial charge is 0.490 e. The third-order valence-corrected chi connectivity index (χ3v) is 5.08. The standard InChI is InChI=1S/C18H22N2O3S/c1-13(17-5-3-10-24-17)20(2)12-18(21)19-14-6-7-15-16(11-14)23-9-4-8-22-15/h3,5-7,10-11,13H,4,8-9,12H2,1-2H3,(H,19,21). The van der Waals surface area contributed by atoms with E-state index in [1.807, 2.05) is 36.2 Å². The minimum atomic E-state index is -0.0459. The highest BCUT2D eigenvalue weighted by Gasteiger charge is 2.17. The fourth-order valence-electron chi connectivity index (χ4n) is 2.55. The molecule has 0 saturated heterocycles. The van der Waals surface area contributed by atoms with Crippen LogP contribution in [0, 0.1) is 0 Å². The first-order valence-corrected chi connectivity index (χ1v) is 8.94. The van der Waals surface area contributed by atoms with Crippen molar-refractivity contribution in [3.05, 3.63) is 40.6 Å². The molecule has 1 aliphatic rings. The molecule has 1 aromatic heterocycles. The van der Waals surface area contributed by atoms with Gasteiger partial charge in [0.25, 0.3) is 0 Å². The summed E-state index contributed by atoms with van der Waals surface area (Å²) in [6.45, 7) is 3.72. The monoisotopic (exact) mass is 346 g/mol. The van der Waals surface area contributed by atoms with E-state index in [9.17, 15) is 4.79 Å². The van der Waals surface area contributed by atoms with Crippen molar-refractivity contribution in [1.82, 2.24) is 4.90 Å². The minimum absolute atomic E-state index is 0.0459. The molecule has 0 radical (unpaired) electrons. The van der Waals surface area contributed by atoms with Crippen LogP contribution in [0.5, 0.6) is 11.5 Å². The number of nitrogens with zero attached hydrogens (tertiary/aromatic N) is 1. The fraction of sp³-hybridized carbons (Fsp3) is 0.389. The van der Waals surface area contributed by atoms with Gasteiger partial charge in [0.2, 0.25) is 5.91 Å². The number of carbonyl (C=O) groups is 1. The van der Waals surface area contributed by atoms with Crippen molar-refractivity contribution in [3.63, 3.8) is 0 Å². The predicted molar refractivity (Wildman–Crippen MR) is 96.0 cm³/mol. The number of carbonyl (C=O) groups excluding carboxylic acids is 1. The van der Waals surface area contributed by atoms with Crippen LogP contribution in [-0.4, -0.2) is 37.6 Å². The lowest BCUT2D eigenvalue weighted by Gasteiger charge is -2.23. The molecule has 1 amide bonds. The molecular formula is C18H22N2O3S. The van der Waals surface area contributed by atoms with Crippen LogP contribution < -0.4 is 14.8 Å². The average Bonchev–Trinajstić information content (AvgIpc) is 3.00. The van der Waals surface area contributed by atoms with Gasteiger partial charge in [-0.2, -0.15) is 0 Å². The summed E-state index contributed by atoms with van der Waals surface area (Å²) in [7, 11) is 1.96. The first-order valence-electron chi connectivity index (χ1n) is 8.06. The summed E-state index contributed by atoms with van der Waals surface area (Å²) in [5.41, 5.74) is 0.724. The Morgan fingerprint density at radius 2 is 2.08 bits per heavy atom. The molecule has 0 bridgehead atoms. The summed E-state index contributed by atoms with van der Waals surface area (Å²) < 4.78 is 11.3. The van der Waals surface area contributed by atoms with Gasteiger partial charge in [-0.3, -0.25) is 9.69 Å². The van der Waals surface area contributed by atoms with Gasteiger partial charge in [0.05, 0.1) is 19.8 Å². The molecule has 5 nitrogen and oxygen atoms in total. The Bertz CT molecular complexity index is 688.